The molecule has 0 aliphatic heterocycles. The van der Waals surface area contributed by atoms with E-state index in [1.807, 2.05) is 0 Å². The Bertz CT molecular complexity index is 577. The molecular formula is C18H23ClO4. The van der Waals surface area contributed by atoms with Gasteiger partial charge in [0.05, 0.1) is 11.5 Å². The normalized spacial score (nSPS) is 21.6. The highest BCUT2D eigenvalue weighted by atomic mass is 35.5. The standard InChI is InChI=1S/C18H23ClO4/c1-18(2,3)14-8-4-6-12(10-14)16(20)22-23-17(21)13-7-5-9-15(19)11-13/h5,7,9,11-12,14H,4,6,8,10H2,1-3H3. The topological polar surface area (TPSA) is 52.6 Å². The fraction of sp³-hybridized carbons (Fsp3) is 0.556. The van der Waals surface area contributed by atoms with Gasteiger partial charge in [-0.3, -0.25) is 0 Å². The molecule has 2 atom stereocenters. The van der Waals surface area contributed by atoms with Gasteiger partial charge in [-0.25, -0.2) is 19.4 Å². The Balaban J connectivity index is 1.88. The summed E-state index contributed by atoms with van der Waals surface area (Å²) in [5, 5.41) is 0.422. The lowest BCUT2D eigenvalue weighted by atomic mass is 9.69. The number of rotatable bonds is 2. The number of benzene rings is 1. The molecule has 1 aromatic rings. The largest absolute Gasteiger partial charge is 0.386 e. The molecule has 4 nitrogen and oxygen atoms in total. The maximum Gasteiger partial charge on any atom is 0.386 e. The van der Waals surface area contributed by atoms with Crippen molar-refractivity contribution in [2.75, 3.05) is 0 Å². The van der Waals surface area contributed by atoms with Gasteiger partial charge in [0.15, 0.2) is 0 Å². The molecule has 1 aliphatic carbocycles. The smallest absolute Gasteiger partial charge is 0.247 e. The van der Waals surface area contributed by atoms with Crippen LogP contribution in [0.3, 0.4) is 0 Å². The summed E-state index contributed by atoms with van der Waals surface area (Å²) in [6.07, 6.45) is 3.66. The second-order valence-corrected chi connectivity index (χ2v) is 7.65. The highest BCUT2D eigenvalue weighted by molar-refractivity contribution is 6.30. The molecule has 0 bridgehead atoms. The highest BCUT2D eigenvalue weighted by Gasteiger charge is 2.35. The summed E-state index contributed by atoms with van der Waals surface area (Å²) in [5.41, 5.74) is 0.415. The van der Waals surface area contributed by atoms with Crippen LogP contribution in [0.1, 0.15) is 56.8 Å². The van der Waals surface area contributed by atoms with Gasteiger partial charge >= 0.3 is 11.9 Å². The molecular weight excluding hydrogens is 316 g/mol. The monoisotopic (exact) mass is 338 g/mol. The van der Waals surface area contributed by atoms with Crippen LogP contribution in [0.25, 0.3) is 0 Å². The minimum atomic E-state index is -0.718. The van der Waals surface area contributed by atoms with Crippen LogP contribution in [-0.4, -0.2) is 11.9 Å². The van der Waals surface area contributed by atoms with Crippen molar-refractivity contribution in [1.29, 1.82) is 0 Å². The van der Waals surface area contributed by atoms with Crippen molar-refractivity contribution in [3.05, 3.63) is 34.9 Å². The molecule has 0 amide bonds. The van der Waals surface area contributed by atoms with E-state index in [0.717, 1.165) is 25.7 Å². The summed E-state index contributed by atoms with van der Waals surface area (Å²) in [7, 11) is 0. The maximum atomic E-state index is 12.1. The van der Waals surface area contributed by atoms with Gasteiger partial charge in [0.2, 0.25) is 0 Å². The summed E-state index contributed by atoms with van der Waals surface area (Å²) < 4.78 is 0. The minimum Gasteiger partial charge on any atom is -0.247 e. The molecule has 2 rings (SSSR count). The first-order chi connectivity index (χ1) is 10.8. The summed E-state index contributed by atoms with van der Waals surface area (Å²) in [5.74, 6) is -0.920. The lowest BCUT2D eigenvalue weighted by Crippen LogP contribution is -2.31. The van der Waals surface area contributed by atoms with E-state index in [4.69, 9.17) is 16.5 Å². The molecule has 0 heterocycles. The molecule has 5 heteroatoms. The number of hydrogen-bond acceptors (Lipinski definition) is 4. The summed E-state index contributed by atoms with van der Waals surface area (Å²) in [6.45, 7) is 6.56. The van der Waals surface area contributed by atoms with Crippen LogP contribution in [0.5, 0.6) is 0 Å². The van der Waals surface area contributed by atoms with E-state index >= 15 is 0 Å². The zero-order valence-electron chi connectivity index (χ0n) is 13.8. The average Bonchev–Trinajstić information content (AvgIpc) is 2.51. The zero-order chi connectivity index (χ0) is 17.0. The predicted molar refractivity (Wildman–Crippen MR) is 87.9 cm³/mol. The van der Waals surface area contributed by atoms with Crippen LogP contribution in [0, 0.1) is 17.3 Å². The van der Waals surface area contributed by atoms with Crippen molar-refractivity contribution in [1.82, 2.24) is 0 Å². The van der Waals surface area contributed by atoms with Crippen molar-refractivity contribution in [3.8, 4) is 0 Å². The van der Waals surface area contributed by atoms with E-state index in [1.165, 1.54) is 6.07 Å². The van der Waals surface area contributed by atoms with Crippen LogP contribution in [0.4, 0.5) is 0 Å². The van der Waals surface area contributed by atoms with Crippen LogP contribution >= 0.6 is 11.6 Å². The van der Waals surface area contributed by atoms with E-state index < -0.39 is 11.9 Å². The van der Waals surface area contributed by atoms with Gasteiger partial charge in [0, 0.05) is 5.02 Å². The molecule has 2 unspecified atom stereocenters. The predicted octanol–water partition coefficient (Wildman–Crippen LogP) is 4.81. The number of carbonyl (C=O) groups is 2. The average molecular weight is 339 g/mol. The number of hydrogen-bond donors (Lipinski definition) is 0. The van der Waals surface area contributed by atoms with Gasteiger partial charge in [0.1, 0.15) is 0 Å². The van der Waals surface area contributed by atoms with Crippen LogP contribution in [0.2, 0.25) is 5.02 Å². The third kappa shape index (κ3) is 4.96. The van der Waals surface area contributed by atoms with Crippen molar-refractivity contribution in [3.63, 3.8) is 0 Å². The van der Waals surface area contributed by atoms with Gasteiger partial charge in [-0.15, -0.1) is 0 Å². The molecule has 0 spiro atoms. The molecule has 126 valence electrons. The number of carbonyl (C=O) groups excluding carboxylic acids is 2. The molecule has 1 saturated carbocycles. The fourth-order valence-electron chi connectivity index (χ4n) is 3.00. The SMILES string of the molecule is CC(C)(C)C1CCCC(C(=O)OOC(=O)c2cccc(Cl)c2)C1. The van der Waals surface area contributed by atoms with E-state index in [1.54, 1.807) is 18.2 Å². The Labute approximate surface area is 142 Å². The molecule has 1 fully saturated rings. The van der Waals surface area contributed by atoms with E-state index in [2.05, 4.69) is 25.7 Å². The molecule has 0 N–H and O–H groups in total. The van der Waals surface area contributed by atoms with Gasteiger partial charge in [-0.1, -0.05) is 44.9 Å². The first kappa shape index (κ1) is 17.8. The Kier molecular flexibility index (Phi) is 5.69. The second kappa shape index (κ2) is 7.35. The number of halogens is 1. The van der Waals surface area contributed by atoms with Crippen LogP contribution in [0.15, 0.2) is 24.3 Å². The molecule has 0 saturated heterocycles. The third-order valence-electron chi connectivity index (χ3n) is 4.49. The molecule has 1 aromatic carbocycles. The molecule has 0 aromatic heterocycles. The second-order valence-electron chi connectivity index (χ2n) is 7.21. The zero-order valence-corrected chi connectivity index (χ0v) is 14.6. The first-order valence-electron chi connectivity index (χ1n) is 7.95. The van der Waals surface area contributed by atoms with Crippen LogP contribution < -0.4 is 0 Å². The Morgan fingerprint density at radius 3 is 2.57 bits per heavy atom. The fourth-order valence-corrected chi connectivity index (χ4v) is 3.19. The summed E-state index contributed by atoms with van der Waals surface area (Å²) >= 11 is 5.82. The van der Waals surface area contributed by atoms with Gasteiger partial charge in [-0.2, -0.15) is 0 Å². The quantitative estimate of drug-likeness (QED) is 0.573. The summed E-state index contributed by atoms with van der Waals surface area (Å²) in [4.78, 5) is 33.4. The van der Waals surface area contributed by atoms with E-state index in [-0.39, 0.29) is 16.9 Å². The molecule has 23 heavy (non-hydrogen) atoms. The lowest BCUT2D eigenvalue weighted by Gasteiger charge is -2.36. The van der Waals surface area contributed by atoms with Crippen molar-refractivity contribution in [2.45, 2.75) is 46.5 Å². The maximum absolute atomic E-state index is 12.1. The van der Waals surface area contributed by atoms with Crippen molar-refractivity contribution < 1.29 is 19.4 Å². The van der Waals surface area contributed by atoms with E-state index in [9.17, 15) is 9.59 Å². The Morgan fingerprint density at radius 2 is 1.91 bits per heavy atom. The molecule has 1 aliphatic rings. The van der Waals surface area contributed by atoms with Gasteiger partial charge in [-0.05, 0) is 48.8 Å². The first-order valence-corrected chi connectivity index (χ1v) is 8.33. The van der Waals surface area contributed by atoms with E-state index in [0.29, 0.717) is 10.9 Å². The van der Waals surface area contributed by atoms with Crippen molar-refractivity contribution in [2.24, 2.45) is 17.3 Å². The minimum absolute atomic E-state index is 0.163. The Hall–Kier alpha value is -1.55. The van der Waals surface area contributed by atoms with Crippen LogP contribution in [-0.2, 0) is 14.6 Å². The Morgan fingerprint density at radius 1 is 1.17 bits per heavy atom. The lowest BCUT2D eigenvalue weighted by molar-refractivity contribution is -0.239. The highest BCUT2D eigenvalue weighted by Crippen LogP contribution is 2.40. The van der Waals surface area contributed by atoms with Gasteiger partial charge < -0.3 is 0 Å². The van der Waals surface area contributed by atoms with Crippen molar-refractivity contribution >= 4 is 23.5 Å². The molecule has 0 radical (unpaired) electrons. The third-order valence-corrected chi connectivity index (χ3v) is 4.73. The van der Waals surface area contributed by atoms with Gasteiger partial charge in [0.25, 0.3) is 0 Å². The summed E-state index contributed by atoms with van der Waals surface area (Å²) in [6, 6.07) is 6.31.